The Morgan fingerprint density at radius 3 is 2.50 bits per heavy atom. The molecule has 1 rings (SSSR count). The lowest BCUT2D eigenvalue weighted by Crippen LogP contribution is -2.22. The van der Waals surface area contributed by atoms with E-state index in [0.717, 1.165) is 16.8 Å². The van der Waals surface area contributed by atoms with Crippen molar-refractivity contribution >= 4 is 17.3 Å². The summed E-state index contributed by atoms with van der Waals surface area (Å²) in [6, 6.07) is 3.78. The van der Waals surface area contributed by atoms with Gasteiger partial charge in [-0.2, -0.15) is 0 Å². The molecular weight excluding hydrogens is 178 g/mol. The van der Waals surface area contributed by atoms with Crippen molar-refractivity contribution in [1.82, 2.24) is 0 Å². The molecule has 0 unspecified atom stereocenters. The third kappa shape index (κ3) is 2.39. The first-order valence-corrected chi connectivity index (χ1v) is 4.39. The number of rotatable bonds is 3. The number of hydrogen-bond acceptors (Lipinski definition) is 3. The van der Waals surface area contributed by atoms with Crippen LogP contribution in [0, 0.1) is 13.8 Å². The van der Waals surface area contributed by atoms with E-state index in [2.05, 4.69) is 5.32 Å². The highest BCUT2D eigenvalue weighted by molar-refractivity contribution is 5.80. The highest BCUT2D eigenvalue weighted by Crippen LogP contribution is 2.22. The topological polar surface area (TPSA) is 81.1 Å². The summed E-state index contributed by atoms with van der Waals surface area (Å²) >= 11 is 0. The fraction of sp³-hybridized carbons (Fsp3) is 0.300. The molecule has 0 aliphatic heterocycles. The lowest BCUT2D eigenvalue weighted by Gasteiger charge is -2.10. The number of nitrogens with one attached hydrogen (secondary N) is 1. The minimum Gasteiger partial charge on any atom is -0.397 e. The van der Waals surface area contributed by atoms with E-state index in [4.69, 9.17) is 11.5 Å². The number of primary amides is 1. The fourth-order valence-electron chi connectivity index (χ4n) is 1.17. The summed E-state index contributed by atoms with van der Waals surface area (Å²) in [5.74, 6) is -0.400. The number of amides is 1. The molecule has 0 heterocycles. The van der Waals surface area contributed by atoms with Crippen molar-refractivity contribution in [3.8, 4) is 0 Å². The molecule has 1 aromatic carbocycles. The second kappa shape index (κ2) is 4.00. The standard InChI is InChI=1S/C10H15N3O/c1-6-3-8(11)9(4-7(6)2)13-5-10(12)14/h3-4,13H,5,11H2,1-2H3,(H2,12,14). The van der Waals surface area contributed by atoms with E-state index >= 15 is 0 Å². The number of anilines is 2. The molecular formula is C10H15N3O. The fourth-order valence-corrected chi connectivity index (χ4v) is 1.17. The molecule has 76 valence electrons. The van der Waals surface area contributed by atoms with E-state index in [1.54, 1.807) is 0 Å². The first kappa shape index (κ1) is 10.4. The van der Waals surface area contributed by atoms with Crippen LogP contribution in [-0.4, -0.2) is 12.5 Å². The molecule has 0 saturated heterocycles. The average molecular weight is 193 g/mol. The van der Waals surface area contributed by atoms with Gasteiger partial charge in [-0.1, -0.05) is 0 Å². The first-order chi connectivity index (χ1) is 6.50. The molecule has 0 radical (unpaired) electrons. The lowest BCUT2D eigenvalue weighted by molar-refractivity contribution is -0.116. The van der Waals surface area contributed by atoms with Crippen molar-refractivity contribution in [2.75, 3.05) is 17.6 Å². The highest BCUT2D eigenvalue weighted by atomic mass is 16.1. The molecule has 1 aromatic rings. The molecule has 0 spiro atoms. The minimum atomic E-state index is -0.400. The molecule has 0 fully saturated rings. The highest BCUT2D eigenvalue weighted by Gasteiger charge is 2.02. The Morgan fingerprint density at radius 1 is 1.36 bits per heavy atom. The Labute approximate surface area is 83.3 Å². The van der Waals surface area contributed by atoms with Gasteiger partial charge in [-0.25, -0.2) is 0 Å². The number of aryl methyl sites for hydroxylation is 2. The largest absolute Gasteiger partial charge is 0.397 e. The summed E-state index contributed by atoms with van der Waals surface area (Å²) in [6.45, 7) is 4.08. The molecule has 0 saturated carbocycles. The van der Waals surface area contributed by atoms with Crippen LogP contribution in [0.3, 0.4) is 0 Å². The molecule has 4 heteroatoms. The number of benzene rings is 1. The predicted molar refractivity (Wildman–Crippen MR) is 58.0 cm³/mol. The van der Waals surface area contributed by atoms with Crippen LogP contribution in [0.4, 0.5) is 11.4 Å². The number of hydrogen-bond donors (Lipinski definition) is 3. The van der Waals surface area contributed by atoms with Gasteiger partial charge in [-0.15, -0.1) is 0 Å². The Balaban J connectivity index is 2.87. The van der Waals surface area contributed by atoms with Crippen LogP contribution in [0.15, 0.2) is 12.1 Å². The van der Waals surface area contributed by atoms with Crippen molar-refractivity contribution in [3.05, 3.63) is 23.3 Å². The molecule has 0 aromatic heterocycles. The normalized spacial score (nSPS) is 9.86. The van der Waals surface area contributed by atoms with Gasteiger partial charge in [0.2, 0.25) is 5.91 Å². The Bertz CT molecular complexity index is 361. The third-order valence-electron chi connectivity index (χ3n) is 2.12. The van der Waals surface area contributed by atoms with Gasteiger partial charge in [0, 0.05) is 0 Å². The van der Waals surface area contributed by atoms with Gasteiger partial charge in [-0.05, 0) is 37.1 Å². The molecule has 1 amide bonds. The van der Waals surface area contributed by atoms with Gasteiger partial charge in [0.15, 0.2) is 0 Å². The van der Waals surface area contributed by atoms with Gasteiger partial charge in [0.1, 0.15) is 0 Å². The van der Waals surface area contributed by atoms with Crippen LogP contribution < -0.4 is 16.8 Å². The Kier molecular flexibility index (Phi) is 2.96. The maximum atomic E-state index is 10.6. The molecule has 5 N–H and O–H groups in total. The average Bonchev–Trinajstić information content (AvgIpc) is 2.09. The number of carbonyl (C=O) groups excluding carboxylic acids is 1. The molecule has 4 nitrogen and oxygen atoms in total. The van der Waals surface area contributed by atoms with Gasteiger partial charge in [0.05, 0.1) is 17.9 Å². The van der Waals surface area contributed by atoms with E-state index < -0.39 is 5.91 Å². The zero-order valence-electron chi connectivity index (χ0n) is 8.42. The number of nitrogen functional groups attached to an aromatic ring is 1. The Morgan fingerprint density at radius 2 is 1.93 bits per heavy atom. The summed E-state index contributed by atoms with van der Waals surface area (Å²) in [7, 11) is 0. The molecule has 0 atom stereocenters. The summed E-state index contributed by atoms with van der Waals surface area (Å²) in [6.07, 6.45) is 0. The minimum absolute atomic E-state index is 0.104. The molecule has 0 aliphatic carbocycles. The quantitative estimate of drug-likeness (QED) is 0.620. The zero-order chi connectivity index (χ0) is 10.7. The van der Waals surface area contributed by atoms with Crippen molar-refractivity contribution in [2.45, 2.75) is 13.8 Å². The van der Waals surface area contributed by atoms with Crippen molar-refractivity contribution < 1.29 is 4.79 Å². The van der Waals surface area contributed by atoms with Crippen LogP contribution in [0.2, 0.25) is 0 Å². The van der Waals surface area contributed by atoms with Gasteiger partial charge in [-0.3, -0.25) is 4.79 Å². The van der Waals surface area contributed by atoms with Gasteiger partial charge >= 0.3 is 0 Å². The van der Waals surface area contributed by atoms with E-state index in [-0.39, 0.29) is 6.54 Å². The van der Waals surface area contributed by atoms with E-state index in [0.29, 0.717) is 5.69 Å². The molecule has 0 aliphatic rings. The predicted octanol–water partition coefficient (Wildman–Crippen LogP) is 0.783. The number of nitrogens with two attached hydrogens (primary N) is 2. The maximum Gasteiger partial charge on any atom is 0.236 e. The van der Waals surface area contributed by atoms with Crippen LogP contribution in [-0.2, 0) is 4.79 Å². The van der Waals surface area contributed by atoms with Crippen molar-refractivity contribution in [3.63, 3.8) is 0 Å². The summed E-state index contributed by atoms with van der Waals surface area (Å²) < 4.78 is 0. The third-order valence-corrected chi connectivity index (χ3v) is 2.12. The van der Waals surface area contributed by atoms with Crippen LogP contribution in [0.5, 0.6) is 0 Å². The van der Waals surface area contributed by atoms with Gasteiger partial charge < -0.3 is 16.8 Å². The number of carbonyl (C=O) groups is 1. The summed E-state index contributed by atoms with van der Waals surface area (Å²) in [4.78, 5) is 10.6. The monoisotopic (exact) mass is 193 g/mol. The summed E-state index contributed by atoms with van der Waals surface area (Å²) in [5, 5.41) is 2.88. The second-order valence-electron chi connectivity index (χ2n) is 3.34. The second-order valence-corrected chi connectivity index (χ2v) is 3.34. The lowest BCUT2D eigenvalue weighted by atomic mass is 10.1. The maximum absolute atomic E-state index is 10.6. The SMILES string of the molecule is Cc1cc(N)c(NCC(N)=O)cc1C. The first-order valence-electron chi connectivity index (χ1n) is 4.39. The zero-order valence-corrected chi connectivity index (χ0v) is 8.42. The van der Waals surface area contributed by atoms with Crippen LogP contribution in [0.1, 0.15) is 11.1 Å². The smallest absolute Gasteiger partial charge is 0.236 e. The summed E-state index contributed by atoms with van der Waals surface area (Å²) in [5.41, 5.74) is 14.4. The van der Waals surface area contributed by atoms with Gasteiger partial charge in [0.25, 0.3) is 0 Å². The molecule has 0 bridgehead atoms. The Hall–Kier alpha value is -1.71. The van der Waals surface area contributed by atoms with Crippen LogP contribution in [0.25, 0.3) is 0 Å². The van der Waals surface area contributed by atoms with E-state index in [9.17, 15) is 4.79 Å². The van der Waals surface area contributed by atoms with E-state index in [1.165, 1.54) is 0 Å². The van der Waals surface area contributed by atoms with Crippen LogP contribution >= 0.6 is 0 Å². The van der Waals surface area contributed by atoms with E-state index in [1.807, 2.05) is 26.0 Å². The van der Waals surface area contributed by atoms with Crippen molar-refractivity contribution in [1.29, 1.82) is 0 Å². The van der Waals surface area contributed by atoms with Crippen molar-refractivity contribution in [2.24, 2.45) is 5.73 Å². The molecule has 14 heavy (non-hydrogen) atoms.